The Morgan fingerprint density at radius 3 is 2.45 bits per heavy atom. The van der Waals surface area contributed by atoms with Crippen molar-refractivity contribution >= 4 is 38.5 Å². The van der Waals surface area contributed by atoms with Gasteiger partial charge >= 0.3 is 0 Å². The predicted octanol–water partition coefficient (Wildman–Crippen LogP) is 4.74. The first-order valence-corrected chi connectivity index (χ1v) is 11.3. The Bertz CT molecular complexity index is 1270. The van der Waals surface area contributed by atoms with E-state index in [-0.39, 0.29) is 21.4 Å². The van der Waals surface area contributed by atoms with Crippen LogP contribution in [0.5, 0.6) is 0 Å². The summed E-state index contributed by atoms with van der Waals surface area (Å²) in [5, 5.41) is 4.86. The van der Waals surface area contributed by atoms with E-state index >= 15 is 0 Å². The van der Waals surface area contributed by atoms with Gasteiger partial charge in [0.2, 0.25) is 5.78 Å². The quantitative estimate of drug-likeness (QED) is 0.659. The second-order valence-corrected chi connectivity index (χ2v) is 9.54. The van der Waals surface area contributed by atoms with Crippen molar-refractivity contribution in [2.45, 2.75) is 18.1 Å². The van der Waals surface area contributed by atoms with Crippen LogP contribution in [0.15, 0.2) is 80.4 Å². The predicted molar refractivity (Wildman–Crippen MR) is 116 cm³/mol. The van der Waals surface area contributed by atoms with Crippen LogP contribution in [0.4, 0.5) is 5.69 Å². The molecule has 1 aromatic heterocycles. The Labute approximate surface area is 173 Å². The Kier molecular flexibility index (Phi) is 4.94. The van der Waals surface area contributed by atoms with Crippen molar-refractivity contribution in [3.05, 3.63) is 94.0 Å². The van der Waals surface area contributed by atoms with Gasteiger partial charge in [-0.25, -0.2) is 0 Å². The number of thiophene rings is 1. The highest BCUT2D eigenvalue weighted by atomic mass is 32.2. The maximum atomic E-state index is 13.0. The molecule has 29 heavy (non-hydrogen) atoms. The van der Waals surface area contributed by atoms with Gasteiger partial charge in [0.05, 0.1) is 11.4 Å². The molecule has 0 aliphatic heterocycles. The molecule has 0 unspecified atom stereocenters. The minimum absolute atomic E-state index is 0.164. The zero-order valence-electron chi connectivity index (χ0n) is 15.8. The standard InChI is InChI=1S/C22H18N2O3S2/c1-14-9-10-15(2)18(12-14)23-20-13-19(16-6-3-4-7-17(16)22(20)25)24-29(26,27)21-8-5-11-28-21/h3-13,23H,1-2H3. The van der Waals surface area contributed by atoms with Gasteiger partial charge in [-0.1, -0.05) is 42.5 Å². The van der Waals surface area contributed by atoms with Gasteiger partial charge in [-0.05, 0) is 48.6 Å². The van der Waals surface area contributed by atoms with Crippen molar-refractivity contribution < 1.29 is 13.2 Å². The van der Waals surface area contributed by atoms with Crippen LogP contribution in [0.25, 0.3) is 0 Å². The molecular weight excluding hydrogens is 404 g/mol. The van der Waals surface area contributed by atoms with Crippen LogP contribution in [-0.4, -0.2) is 19.9 Å². The number of sulfonamides is 1. The largest absolute Gasteiger partial charge is 0.352 e. The van der Waals surface area contributed by atoms with Crippen molar-refractivity contribution in [1.29, 1.82) is 0 Å². The summed E-state index contributed by atoms with van der Waals surface area (Å²) < 4.78 is 29.6. The lowest BCUT2D eigenvalue weighted by molar-refractivity contribution is 0.103. The fourth-order valence-corrected chi connectivity index (χ4v) is 5.06. The zero-order valence-corrected chi connectivity index (χ0v) is 17.5. The number of anilines is 1. The van der Waals surface area contributed by atoms with Crippen LogP contribution in [0.1, 0.15) is 27.0 Å². The van der Waals surface area contributed by atoms with Gasteiger partial charge in [0.1, 0.15) is 4.21 Å². The van der Waals surface area contributed by atoms with Crippen LogP contribution >= 0.6 is 11.3 Å². The van der Waals surface area contributed by atoms with Gasteiger partial charge in [-0.2, -0.15) is 12.8 Å². The highest BCUT2D eigenvalue weighted by Crippen LogP contribution is 2.27. The minimum atomic E-state index is -3.87. The van der Waals surface area contributed by atoms with E-state index in [4.69, 9.17) is 0 Å². The number of fused-ring (bicyclic) bond motifs is 1. The monoisotopic (exact) mass is 422 g/mol. The van der Waals surface area contributed by atoms with Gasteiger partial charge in [0.25, 0.3) is 10.0 Å². The van der Waals surface area contributed by atoms with Crippen LogP contribution in [0, 0.1) is 13.8 Å². The summed E-state index contributed by atoms with van der Waals surface area (Å²) in [6.07, 6.45) is 1.51. The van der Waals surface area contributed by atoms with Gasteiger partial charge in [0, 0.05) is 16.8 Å². The Balaban J connectivity index is 1.84. The Morgan fingerprint density at radius 1 is 0.966 bits per heavy atom. The van der Waals surface area contributed by atoms with Crippen molar-refractivity contribution in [3.8, 4) is 0 Å². The topological polar surface area (TPSA) is 75.6 Å². The summed E-state index contributed by atoms with van der Waals surface area (Å²) in [5.74, 6) is -0.200. The first-order valence-electron chi connectivity index (χ1n) is 8.94. The molecule has 1 N–H and O–H groups in total. The van der Waals surface area contributed by atoms with Crippen molar-refractivity contribution in [2.24, 2.45) is 4.40 Å². The molecule has 0 bridgehead atoms. The molecule has 0 fully saturated rings. The number of rotatable bonds is 4. The van der Waals surface area contributed by atoms with Gasteiger partial charge in [-0.3, -0.25) is 4.79 Å². The maximum absolute atomic E-state index is 13.0. The molecule has 5 nitrogen and oxygen atoms in total. The molecule has 0 radical (unpaired) electrons. The van der Waals surface area contributed by atoms with Crippen LogP contribution in [-0.2, 0) is 10.0 Å². The summed E-state index contributed by atoms with van der Waals surface area (Å²) in [5.41, 5.74) is 4.28. The third-order valence-electron chi connectivity index (χ3n) is 4.60. The third kappa shape index (κ3) is 3.79. The van der Waals surface area contributed by atoms with Crippen molar-refractivity contribution in [1.82, 2.24) is 0 Å². The lowest BCUT2D eigenvalue weighted by Gasteiger charge is -2.19. The molecule has 1 aliphatic carbocycles. The fourth-order valence-electron chi connectivity index (χ4n) is 3.10. The first kappa shape index (κ1) is 19.3. The number of hydrogen-bond donors (Lipinski definition) is 1. The Hall–Kier alpha value is -3.03. The number of aryl methyl sites for hydroxylation is 2. The summed E-state index contributed by atoms with van der Waals surface area (Å²) in [7, 11) is -3.87. The van der Waals surface area contributed by atoms with Gasteiger partial charge in [-0.15, -0.1) is 11.3 Å². The molecule has 0 atom stereocenters. The first-order chi connectivity index (χ1) is 13.8. The molecule has 0 saturated carbocycles. The second-order valence-electron chi connectivity index (χ2n) is 6.76. The molecule has 146 valence electrons. The number of nitrogens with one attached hydrogen (secondary N) is 1. The van der Waals surface area contributed by atoms with Crippen LogP contribution < -0.4 is 5.32 Å². The summed E-state index contributed by atoms with van der Waals surface area (Å²) in [4.78, 5) is 13.0. The molecule has 1 heterocycles. The SMILES string of the molecule is Cc1ccc(C)c(NC2=CC(=NS(=O)(=O)c3cccs3)c3ccccc3C2=O)c1. The number of carbonyl (C=O) groups is 1. The van der Waals surface area contributed by atoms with E-state index in [1.807, 2.05) is 32.0 Å². The second kappa shape index (κ2) is 7.42. The molecule has 0 saturated heterocycles. The van der Waals surface area contributed by atoms with Crippen molar-refractivity contribution in [2.75, 3.05) is 5.32 Å². The van der Waals surface area contributed by atoms with E-state index in [0.717, 1.165) is 28.2 Å². The number of ketones is 1. The number of nitrogens with zero attached hydrogens (tertiary/aromatic N) is 1. The lowest BCUT2D eigenvalue weighted by atomic mass is 9.92. The molecule has 0 amide bonds. The number of allylic oxidation sites excluding steroid dienone is 2. The number of carbonyl (C=O) groups excluding carboxylic acids is 1. The van der Waals surface area contributed by atoms with E-state index in [2.05, 4.69) is 9.71 Å². The van der Waals surface area contributed by atoms with E-state index in [9.17, 15) is 13.2 Å². The fraction of sp³-hybridized carbons (Fsp3) is 0.0909. The average Bonchev–Trinajstić information content (AvgIpc) is 3.24. The maximum Gasteiger partial charge on any atom is 0.292 e. The van der Waals surface area contributed by atoms with E-state index in [1.165, 1.54) is 12.1 Å². The smallest absolute Gasteiger partial charge is 0.292 e. The van der Waals surface area contributed by atoms with E-state index < -0.39 is 10.0 Å². The molecule has 4 rings (SSSR count). The minimum Gasteiger partial charge on any atom is -0.352 e. The molecule has 2 aromatic carbocycles. The van der Waals surface area contributed by atoms with Crippen LogP contribution in [0.2, 0.25) is 0 Å². The molecule has 3 aromatic rings. The van der Waals surface area contributed by atoms with Crippen molar-refractivity contribution in [3.63, 3.8) is 0 Å². The van der Waals surface area contributed by atoms with E-state index in [1.54, 1.807) is 35.7 Å². The lowest BCUT2D eigenvalue weighted by Crippen LogP contribution is -2.23. The highest BCUT2D eigenvalue weighted by Gasteiger charge is 2.26. The molecule has 7 heteroatoms. The zero-order chi connectivity index (χ0) is 20.6. The number of Topliss-reactive ketones (excluding diaryl/α,β-unsaturated/α-hetero) is 1. The average molecular weight is 423 g/mol. The summed E-state index contributed by atoms with van der Waals surface area (Å²) in [6, 6.07) is 16.0. The Morgan fingerprint density at radius 2 is 1.72 bits per heavy atom. The van der Waals surface area contributed by atoms with Crippen LogP contribution in [0.3, 0.4) is 0 Å². The molecular formula is C22H18N2O3S2. The highest BCUT2D eigenvalue weighted by molar-refractivity contribution is 7.92. The van der Waals surface area contributed by atoms with Gasteiger partial charge < -0.3 is 5.32 Å². The van der Waals surface area contributed by atoms with Gasteiger partial charge in [0.15, 0.2) is 0 Å². The molecule has 1 aliphatic rings. The summed E-state index contributed by atoms with van der Waals surface area (Å²) >= 11 is 1.11. The third-order valence-corrected chi connectivity index (χ3v) is 7.27. The summed E-state index contributed by atoms with van der Waals surface area (Å²) in [6.45, 7) is 3.91. The number of benzene rings is 2. The van der Waals surface area contributed by atoms with E-state index in [0.29, 0.717) is 11.1 Å². The normalized spacial score (nSPS) is 15.2. The molecule has 0 spiro atoms. The number of hydrogen-bond acceptors (Lipinski definition) is 5.